The molecule has 0 aliphatic carbocycles. The largest absolute Gasteiger partial charge is 0.379 e. The molecule has 1 rings (SSSR count). The highest BCUT2D eigenvalue weighted by molar-refractivity contribution is 8.13. The van der Waals surface area contributed by atoms with Crippen molar-refractivity contribution in [2.75, 3.05) is 0 Å². The molecule has 1 aromatic rings. The van der Waals surface area contributed by atoms with Gasteiger partial charge in [-0.3, -0.25) is 5.41 Å². The molecule has 0 spiro atoms. The molecule has 0 radical (unpaired) electrons. The Bertz CT molecular complexity index is 293. The van der Waals surface area contributed by atoms with E-state index in [0.29, 0.717) is 5.75 Å². The van der Waals surface area contributed by atoms with E-state index in [-0.39, 0.29) is 5.17 Å². The Morgan fingerprint density at radius 3 is 2.75 bits per heavy atom. The standard InChI is InChI=1S/C7H11N3S2/c1-4-6(3-11-7(8)9)10-5(2)12-4/h3H2,1-2H3,(H3,8,9). The summed E-state index contributed by atoms with van der Waals surface area (Å²) in [5.74, 6) is 0.714. The first-order valence-corrected chi connectivity index (χ1v) is 5.29. The Hall–Kier alpha value is -0.550. The summed E-state index contributed by atoms with van der Waals surface area (Å²) in [6, 6.07) is 0. The number of nitrogens with one attached hydrogen (secondary N) is 1. The highest BCUT2D eigenvalue weighted by Gasteiger charge is 2.04. The number of aromatic nitrogens is 1. The molecule has 0 bridgehead atoms. The van der Waals surface area contributed by atoms with Crippen LogP contribution in [-0.2, 0) is 5.75 Å². The van der Waals surface area contributed by atoms with E-state index in [9.17, 15) is 0 Å². The van der Waals surface area contributed by atoms with E-state index in [1.807, 2.05) is 13.8 Å². The Balaban J connectivity index is 2.62. The Kier molecular flexibility index (Phi) is 3.11. The quantitative estimate of drug-likeness (QED) is 0.567. The number of amidine groups is 1. The lowest BCUT2D eigenvalue weighted by atomic mass is 10.4. The molecule has 3 N–H and O–H groups in total. The lowest BCUT2D eigenvalue weighted by Crippen LogP contribution is -2.04. The van der Waals surface area contributed by atoms with Crippen LogP contribution in [0.3, 0.4) is 0 Å². The summed E-state index contributed by atoms with van der Waals surface area (Å²) in [5, 5.41) is 8.27. The van der Waals surface area contributed by atoms with Gasteiger partial charge in [-0.15, -0.1) is 11.3 Å². The van der Waals surface area contributed by atoms with Crippen LogP contribution in [0.25, 0.3) is 0 Å². The van der Waals surface area contributed by atoms with E-state index in [2.05, 4.69) is 4.98 Å². The van der Waals surface area contributed by atoms with Crippen LogP contribution in [0.2, 0.25) is 0 Å². The van der Waals surface area contributed by atoms with Crippen LogP contribution in [0.15, 0.2) is 0 Å². The maximum atomic E-state index is 7.04. The summed E-state index contributed by atoms with van der Waals surface area (Å²) < 4.78 is 0. The third kappa shape index (κ3) is 2.49. The van der Waals surface area contributed by atoms with Gasteiger partial charge in [-0.05, 0) is 13.8 Å². The number of nitrogens with two attached hydrogens (primary N) is 1. The fourth-order valence-electron chi connectivity index (χ4n) is 0.852. The van der Waals surface area contributed by atoms with Gasteiger partial charge in [0.15, 0.2) is 5.17 Å². The summed E-state index contributed by atoms with van der Waals surface area (Å²) in [4.78, 5) is 5.55. The number of thiazole rings is 1. The van der Waals surface area contributed by atoms with Gasteiger partial charge in [0, 0.05) is 10.6 Å². The predicted octanol–water partition coefficient (Wildman–Crippen LogP) is 1.89. The first-order chi connectivity index (χ1) is 5.59. The fraction of sp³-hybridized carbons (Fsp3) is 0.429. The van der Waals surface area contributed by atoms with Crippen molar-refractivity contribution in [1.82, 2.24) is 4.98 Å². The predicted molar refractivity (Wildman–Crippen MR) is 54.8 cm³/mol. The normalized spacial score (nSPS) is 10.2. The van der Waals surface area contributed by atoms with Crippen molar-refractivity contribution in [3.8, 4) is 0 Å². The van der Waals surface area contributed by atoms with Crippen molar-refractivity contribution in [3.63, 3.8) is 0 Å². The van der Waals surface area contributed by atoms with Crippen molar-refractivity contribution in [3.05, 3.63) is 15.6 Å². The van der Waals surface area contributed by atoms with Gasteiger partial charge in [-0.1, -0.05) is 11.8 Å². The average Bonchev–Trinajstić information content (AvgIpc) is 2.26. The molecule has 1 aromatic heterocycles. The van der Waals surface area contributed by atoms with Crippen LogP contribution in [-0.4, -0.2) is 10.2 Å². The third-order valence-electron chi connectivity index (χ3n) is 1.36. The lowest BCUT2D eigenvalue weighted by Gasteiger charge is -1.95. The summed E-state index contributed by atoms with van der Waals surface area (Å²) in [5.41, 5.74) is 6.27. The Labute approximate surface area is 79.9 Å². The zero-order chi connectivity index (χ0) is 9.14. The molecule has 3 nitrogen and oxygen atoms in total. The number of aryl methyl sites for hydroxylation is 2. The van der Waals surface area contributed by atoms with E-state index in [1.54, 1.807) is 11.3 Å². The van der Waals surface area contributed by atoms with Gasteiger partial charge < -0.3 is 5.73 Å². The molecule has 0 fully saturated rings. The first-order valence-electron chi connectivity index (χ1n) is 3.49. The van der Waals surface area contributed by atoms with Gasteiger partial charge >= 0.3 is 0 Å². The highest BCUT2D eigenvalue weighted by atomic mass is 32.2. The number of hydrogen-bond acceptors (Lipinski definition) is 4. The van der Waals surface area contributed by atoms with Crippen LogP contribution in [0.4, 0.5) is 0 Å². The van der Waals surface area contributed by atoms with Crippen LogP contribution < -0.4 is 5.73 Å². The summed E-state index contributed by atoms with van der Waals surface area (Å²) in [7, 11) is 0. The van der Waals surface area contributed by atoms with E-state index in [1.165, 1.54) is 16.6 Å². The van der Waals surface area contributed by atoms with Crippen molar-refractivity contribution < 1.29 is 0 Å². The molecule has 0 atom stereocenters. The lowest BCUT2D eigenvalue weighted by molar-refractivity contribution is 1.16. The minimum Gasteiger partial charge on any atom is -0.379 e. The van der Waals surface area contributed by atoms with Crippen molar-refractivity contribution in [1.29, 1.82) is 5.41 Å². The second-order valence-corrected chi connectivity index (χ2v) is 4.81. The van der Waals surface area contributed by atoms with Gasteiger partial charge in [-0.2, -0.15) is 0 Å². The molecule has 1 heterocycles. The topological polar surface area (TPSA) is 62.8 Å². The molecule has 0 unspecified atom stereocenters. The number of hydrogen-bond donors (Lipinski definition) is 2. The monoisotopic (exact) mass is 201 g/mol. The summed E-state index contributed by atoms with van der Waals surface area (Å²) in [6.07, 6.45) is 0. The smallest absolute Gasteiger partial charge is 0.151 e. The van der Waals surface area contributed by atoms with Crippen molar-refractivity contribution in [2.24, 2.45) is 5.73 Å². The Morgan fingerprint density at radius 2 is 2.33 bits per heavy atom. The van der Waals surface area contributed by atoms with Crippen molar-refractivity contribution in [2.45, 2.75) is 19.6 Å². The molecule has 12 heavy (non-hydrogen) atoms. The first kappa shape index (κ1) is 9.54. The average molecular weight is 201 g/mol. The minimum atomic E-state index is 0.153. The highest BCUT2D eigenvalue weighted by Crippen LogP contribution is 2.20. The SMILES string of the molecule is Cc1nc(CSC(=N)N)c(C)s1. The third-order valence-corrected chi connectivity index (χ3v) is 3.02. The zero-order valence-corrected chi connectivity index (χ0v) is 8.68. The van der Waals surface area contributed by atoms with Gasteiger partial charge in [0.2, 0.25) is 0 Å². The van der Waals surface area contributed by atoms with Crippen LogP contribution >= 0.6 is 23.1 Å². The van der Waals surface area contributed by atoms with Crippen LogP contribution in [0.1, 0.15) is 15.6 Å². The van der Waals surface area contributed by atoms with Gasteiger partial charge in [-0.25, -0.2) is 4.98 Å². The molecule has 0 saturated carbocycles. The van der Waals surface area contributed by atoms with Gasteiger partial charge in [0.1, 0.15) is 0 Å². The van der Waals surface area contributed by atoms with Crippen LogP contribution in [0, 0.1) is 19.3 Å². The molecular weight excluding hydrogens is 190 g/mol. The molecule has 0 aromatic carbocycles. The van der Waals surface area contributed by atoms with Crippen molar-refractivity contribution >= 4 is 28.3 Å². The number of thioether (sulfide) groups is 1. The number of nitrogens with zero attached hydrogens (tertiary/aromatic N) is 1. The minimum absolute atomic E-state index is 0.153. The number of rotatable bonds is 2. The maximum Gasteiger partial charge on any atom is 0.151 e. The van der Waals surface area contributed by atoms with E-state index >= 15 is 0 Å². The molecule has 0 aliphatic heterocycles. The summed E-state index contributed by atoms with van der Waals surface area (Å²) in [6.45, 7) is 4.03. The fourth-order valence-corrected chi connectivity index (χ4v) is 2.35. The molecule has 66 valence electrons. The molecule has 0 aliphatic rings. The maximum absolute atomic E-state index is 7.04. The summed E-state index contributed by atoms with van der Waals surface area (Å²) >= 11 is 3.00. The van der Waals surface area contributed by atoms with E-state index < -0.39 is 0 Å². The molecule has 0 saturated heterocycles. The molecule has 5 heteroatoms. The van der Waals surface area contributed by atoms with E-state index in [0.717, 1.165) is 10.7 Å². The second-order valence-electron chi connectivity index (χ2n) is 2.39. The van der Waals surface area contributed by atoms with Crippen LogP contribution in [0.5, 0.6) is 0 Å². The second kappa shape index (κ2) is 3.91. The zero-order valence-electron chi connectivity index (χ0n) is 7.05. The molecular formula is C7H11N3S2. The van der Waals surface area contributed by atoms with Gasteiger partial charge in [0.25, 0.3) is 0 Å². The Morgan fingerprint density at radius 1 is 1.67 bits per heavy atom. The van der Waals surface area contributed by atoms with E-state index in [4.69, 9.17) is 11.1 Å². The molecule has 0 amide bonds. The van der Waals surface area contributed by atoms with Gasteiger partial charge in [0.05, 0.1) is 10.7 Å².